The number of benzene rings is 8. The van der Waals surface area contributed by atoms with Gasteiger partial charge in [0.2, 0.25) is 0 Å². The van der Waals surface area contributed by atoms with Crippen molar-refractivity contribution in [3.8, 4) is 44.5 Å². The summed E-state index contributed by atoms with van der Waals surface area (Å²) in [6.45, 7) is 9.24. The van der Waals surface area contributed by atoms with E-state index in [4.69, 9.17) is 0 Å². The third-order valence-corrected chi connectivity index (χ3v) is 13.4. The van der Waals surface area contributed by atoms with Crippen LogP contribution in [0.4, 0.5) is 17.1 Å². The van der Waals surface area contributed by atoms with E-state index in [1.807, 2.05) is 0 Å². The minimum atomic E-state index is -0.354. The first-order valence-electron chi connectivity index (χ1n) is 21.1. The Morgan fingerprint density at radius 1 is 0.417 bits per heavy atom. The third-order valence-electron chi connectivity index (χ3n) is 13.4. The lowest BCUT2D eigenvalue weighted by molar-refractivity contribution is 0.643. The largest absolute Gasteiger partial charge is 0.310 e. The Kier molecular flexibility index (Phi) is 8.36. The van der Waals surface area contributed by atoms with E-state index in [-0.39, 0.29) is 10.8 Å². The topological polar surface area (TPSA) is 3.24 Å². The van der Waals surface area contributed by atoms with Crippen LogP contribution in [0.5, 0.6) is 0 Å². The van der Waals surface area contributed by atoms with Crippen LogP contribution in [0.2, 0.25) is 0 Å². The third kappa shape index (κ3) is 5.46. The molecule has 1 atom stereocenters. The molecule has 0 fully saturated rings. The summed E-state index contributed by atoms with van der Waals surface area (Å²) in [4.78, 5) is 2.42. The molecule has 8 aromatic rings. The first kappa shape index (κ1) is 35.9. The van der Waals surface area contributed by atoms with Crippen molar-refractivity contribution < 1.29 is 0 Å². The summed E-state index contributed by atoms with van der Waals surface area (Å²) in [5.74, 6) is 0. The molecule has 60 heavy (non-hydrogen) atoms. The number of hydrogen-bond acceptors (Lipinski definition) is 1. The van der Waals surface area contributed by atoms with E-state index < -0.39 is 0 Å². The normalized spacial score (nSPS) is 17.6. The highest BCUT2D eigenvalue weighted by atomic mass is 15.1. The average Bonchev–Trinajstić information content (AvgIpc) is 3.74. The fourth-order valence-corrected chi connectivity index (χ4v) is 10.5. The lowest BCUT2D eigenvalue weighted by Crippen LogP contribution is -2.27. The predicted molar refractivity (Wildman–Crippen MR) is 253 cm³/mol. The van der Waals surface area contributed by atoms with Crippen LogP contribution >= 0.6 is 0 Å². The maximum Gasteiger partial charge on any atom is 0.0504 e. The summed E-state index contributed by atoms with van der Waals surface area (Å²) in [5.41, 5.74) is 22.0. The molecule has 0 saturated carbocycles. The van der Waals surface area contributed by atoms with Gasteiger partial charge in [-0.1, -0.05) is 196 Å². The van der Waals surface area contributed by atoms with Gasteiger partial charge in [0.05, 0.1) is 5.41 Å². The molecule has 8 aromatic carbocycles. The van der Waals surface area contributed by atoms with Crippen LogP contribution in [-0.2, 0) is 10.8 Å². The molecule has 0 heterocycles. The highest BCUT2D eigenvalue weighted by Crippen LogP contribution is 2.58. The molecule has 11 rings (SSSR count). The van der Waals surface area contributed by atoms with Crippen LogP contribution in [0.15, 0.2) is 219 Å². The van der Waals surface area contributed by atoms with E-state index in [2.05, 4.69) is 238 Å². The Hall–Kier alpha value is -7.22. The highest BCUT2D eigenvalue weighted by Gasteiger charge is 2.46. The molecule has 1 unspecified atom stereocenters. The predicted octanol–water partition coefficient (Wildman–Crippen LogP) is 15.6. The van der Waals surface area contributed by atoms with Gasteiger partial charge in [-0.3, -0.25) is 0 Å². The van der Waals surface area contributed by atoms with Gasteiger partial charge in [0, 0.05) is 22.5 Å². The van der Waals surface area contributed by atoms with Gasteiger partial charge in [0.25, 0.3) is 0 Å². The molecular formula is C59H45N. The minimum Gasteiger partial charge on any atom is -0.310 e. The second-order valence-corrected chi connectivity index (χ2v) is 16.9. The molecule has 0 N–H and O–H groups in total. The van der Waals surface area contributed by atoms with Crippen LogP contribution in [0.3, 0.4) is 0 Å². The van der Waals surface area contributed by atoms with Crippen LogP contribution in [0.1, 0.15) is 53.6 Å². The van der Waals surface area contributed by atoms with Crippen molar-refractivity contribution in [1.29, 1.82) is 0 Å². The number of rotatable bonds is 5. The van der Waals surface area contributed by atoms with Crippen LogP contribution in [0, 0.1) is 0 Å². The van der Waals surface area contributed by atoms with E-state index in [1.54, 1.807) is 0 Å². The zero-order valence-corrected chi connectivity index (χ0v) is 34.1. The Morgan fingerprint density at radius 2 is 0.950 bits per heavy atom. The molecule has 1 nitrogen and oxygen atoms in total. The van der Waals surface area contributed by atoms with Gasteiger partial charge in [-0.25, -0.2) is 0 Å². The maximum atomic E-state index is 4.52. The zero-order valence-electron chi connectivity index (χ0n) is 34.1. The van der Waals surface area contributed by atoms with Crippen molar-refractivity contribution >= 4 is 22.6 Å². The summed E-state index contributed by atoms with van der Waals surface area (Å²) in [6, 6.07) is 69.7. The lowest BCUT2D eigenvalue weighted by atomic mass is 9.68. The number of nitrogens with zero attached hydrogens (tertiary/aromatic N) is 1. The molecule has 0 amide bonds. The Morgan fingerprint density at radius 3 is 1.68 bits per heavy atom. The lowest BCUT2D eigenvalue weighted by Gasteiger charge is -2.34. The van der Waals surface area contributed by atoms with Crippen molar-refractivity contribution in [3.63, 3.8) is 0 Å². The standard InChI is InChI=1S/C59H45N/c1-40-17-6-5-15-38-59(53-25-13-9-20-47(40)53)54-26-14-11-22-51(54)57-48(23-16-27-55(57)59)43-30-34-45(35-31-43)60(44-32-28-42(29-33-44)41-18-7-4-8-19-41)46-36-37-50-49-21-10-12-24-52(49)58(2,3)56(50)39-46/h4-37,39H,1,38H2,2-3H3/b15-5-,17-6-. The fourth-order valence-electron chi connectivity index (χ4n) is 10.5. The van der Waals surface area contributed by atoms with Crippen molar-refractivity contribution in [2.45, 2.75) is 31.1 Å². The van der Waals surface area contributed by atoms with Gasteiger partial charge >= 0.3 is 0 Å². The summed E-state index contributed by atoms with van der Waals surface area (Å²) < 4.78 is 0. The van der Waals surface area contributed by atoms with Crippen molar-refractivity contribution in [3.05, 3.63) is 252 Å². The van der Waals surface area contributed by atoms with Crippen LogP contribution in [0.25, 0.3) is 50.1 Å². The Labute approximate surface area is 354 Å². The van der Waals surface area contributed by atoms with Gasteiger partial charge in [-0.05, 0) is 126 Å². The average molecular weight is 768 g/mol. The Bertz CT molecular complexity index is 3030. The van der Waals surface area contributed by atoms with Gasteiger partial charge in [0.1, 0.15) is 0 Å². The van der Waals surface area contributed by atoms with E-state index in [0.29, 0.717) is 0 Å². The molecule has 0 saturated heterocycles. The SMILES string of the molecule is C=C1/C=C\C=C/CC2(c3ccccc31)c1ccccc1-c1c(-c3ccc(N(c4ccc(-c5ccccc5)cc4)c4ccc5c(c4)C(C)(C)c4ccccc4-5)cc3)cccc12. The van der Waals surface area contributed by atoms with E-state index >= 15 is 0 Å². The fraction of sp³-hybridized carbons (Fsp3) is 0.0847. The van der Waals surface area contributed by atoms with E-state index in [9.17, 15) is 0 Å². The molecule has 0 radical (unpaired) electrons. The maximum absolute atomic E-state index is 4.52. The molecule has 1 spiro atoms. The number of fused-ring (bicyclic) bond motifs is 10. The van der Waals surface area contributed by atoms with E-state index in [1.165, 1.54) is 77.9 Å². The second-order valence-electron chi connectivity index (χ2n) is 16.9. The van der Waals surface area contributed by atoms with Gasteiger partial charge < -0.3 is 4.90 Å². The molecule has 3 aliphatic carbocycles. The van der Waals surface area contributed by atoms with Gasteiger partial charge in [-0.15, -0.1) is 0 Å². The highest BCUT2D eigenvalue weighted by molar-refractivity contribution is 5.96. The summed E-state index contributed by atoms with van der Waals surface area (Å²) in [5, 5.41) is 0. The first-order chi connectivity index (χ1) is 29.4. The summed E-state index contributed by atoms with van der Waals surface area (Å²) in [7, 11) is 0. The first-order valence-corrected chi connectivity index (χ1v) is 21.1. The molecule has 3 aliphatic rings. The summed E-state index contributed by atoms with van der Waals surface area (Å²) in [6.07, 6.45) is 9.64. The van der Waals surface area contributed by atoms with Gasteiger partial charge in [-0.2, -0.15) is 0 Å². The second kappa shape index (κ2) is 14.0. The quantitative estimate of drug-likeness (QED) is 0.169. The molecule has 286 valence electrons. The van der Waals surface area contributed by atoms with Crippen LogP contribution in [-0.4, -0.2) is 0 Å². The smallest absolute Gasteiger partial charge is 0.0504 e. The van der Waals surface area contributed by atoms with Gasteiger partial charge in [0.15, 0.2) is 0 Å². The van der Waals surface area contributed by atoms with Crippen molar-refractivity contribution in [2.75, 3.05) is 4.90 Å². The van der Waals surface area contributed by atoms with Crippen LogP contribution < -0.4 is 4.90 Å². The molecule has 1 heteroatoms. The molecular weight excluding hydrogens is 723 g/mol. The van der Waals surface area contributed by atoms with E-state index in [0.717, 1.165) is 29.1 Å². The number of anilines is 3. The zero-order chi connectivity index (χ0) is 40.4. The Balaban J connectivity index is 1.05. The number of allylic oxidation sites excluding steroid dienone is 5. The van der Waals surface area contributed by atoms with Crippen molar-refractivity contribution in [1.82, 2.24) is 0 Å². The molecule has 0 bridgehead atoms. The minimum absolute atomic E-state index is 0.106. The molecule has 0 aliphatic heterocycles. The summed E-state index contributed by atoms with van der Waals surface area (Å²) >= 11 is 0. The number of hydrogen-bond donors (Lipinski definition) is 0. The molecule has 0 aromatic heterocycles. The monoisotopic (exact) mass is 767 g/mol. The van der Waals surface area contributed by atoms with Crippen molar-refractivity contribution in [2.24, 2.45) is 0 Å².